The molecule has 0 saturated carbocycles. The predicted octanol–water partition coefficient (Wildman–Crippen LogP) is 1.22. The van der Waals surface area contributed by atoms with Crippen molar-refractivity contribution in [1.82, 2.24) is 15.2 Å². The lowest BCUT2D eigenvalue weighted by atomic mass is 10.2. The molecule has 0 amide bonds. The van der Waals surface area contributed by atoms with Crippen LogP contribution in [0.1, 0.15) is 11.1 Å². The Morgan fingerprint density at radius 3 is 2.71 bits per heavy atom. The van der Waals surface area contributed by atoms with Gasteiger partial charge in [0.05, 0.1) is 4.90 Å². The van der Waals surface area contributed by atoms with E-state index < -0.39 is 10.0 Å². The third-order valence-corrected chi connectivity index (χ3v) is 3.76. The minimum absolute atomic E-state index is 0.103. The molecule has 1 aromatic carbocycles. The van der Waals surface area contributed by atoms with Crippen molar-refractivity contribution in [2.75, 3.05) is 4.72 Å². The van der Waals surface area contributed by atoms with Gasteiger partial charge in [0.2, 0.25) is 5.95 Å². The van der Waals surface area contributed by atoms with Gasteiger partial charge in [-0.25, -0.2) is 18.2 Å². The number of aryl methyl sites for hydroxylation is 2. The fourth-order valence-electron chi connectivity index (χ4n) is 1.43. The zero-order valence-electron chi connectivity index (χ0n) is 9.43. The van der Waals surface area contributed by atoms with Gasteiger partial charge in [0.1, 0.15) is 6.33 Å². The Balaban J connectivity index is 2.41. The maximum absolute atomic E-state index is 12.1. The summed E-state index contributed by atoms with van der Waals surface area (Å²) in [4.78, 5) is 3.97. The molecule has 0 bridgehead atoms. The summed E-state index contributed by atoms with van der Waals surface area (Å²) in [5.41, 5.74) is 1.57. The second-order valence-electron chi connectivity index (χ2n) is 3.71. The summed E-state index contributed by atoms with van der Waals surface area (Å²) in [6.45, 7) is 3.58. The van der Waals surface area contributed by atoms with E-state index in [0.29, 0.717) is 5.56 Å². The lowest BCUT2D eigenvalue weighted by Gasteiger charge is -2.08. The third-order valence-electron chi connectivity index (χ3n) is 2.28. The highest BCUT2D eigenvalue weighted by Gasteiger charge is 2.18. The van der Waals surface area contributed by atoms with E-state index in [-0.39, 0.29) is 10.8 Å². The van der Waals surface area contributed by atoms with Gasteiger partial charge >= 0.3 is 0 Å². The molecule has 90 valence electrons. The molecule has 0 aliphatic heterocycles. The van der Waals surface area contributed by atoms with Gasteiger partial charge in [-0.2, -0.15) is 10.1 Å². The van der Waals surface area contributed by atoms with Crippen LogP contribution in [0.5, 0.6) is 0 Å². The molecule has 0 radical (unpaired) electrons. The zero-order valence-corrected chi connectivity index (χ0v) is 10.2. The summed E-state index contributed by atoms with van der Waals surface area (Å²) in [6, 6.07) is 5.25. The maximum Gasteiger partial charge on any atom is 0.264 e. The number of H-pyrrole nitrogens is 1. The molecule has 0 spiro atoms. The molecule has 0 unspecified atom stereocenters. The number of sulfonamides is 1. The van der Waals surface area contributed by atoms with Gasteiger partial charge in [-0.1, -0.05) is 12.1 Å². The fourth-order valence-corrected chi connectivity index (χ4v) is 2.73. The van der Waals surface area contributed by atoms with Gasteiger partial charge in [-0.15, -0.1) is 0 Å². The Morgan fingerprint density at radius 1 is 1.29 bits per heavy atom. The van der Waals surface area contributed by atoms with E-state index in [2.05, 4.69) is 19.9 Å². The van der Waals surface area contributed by atoms with Crippen molar-refractivity contribution in [2.24, 2.45) is 0 Å². The molecule has 0 aliphatic carbocycles. The number of anilines is 1. The van der Waals surface area contributed by atoms with Crippen molar-refractivity contribution in [3.63, 3.8) is 0 Å². The quantitative estimate of drug-likeness (QED) is 0.859. The largest absolute Gasteiger partial charge is 0.264 e. The van der Waals surface area contributed by atoms with E-state index in [1.807, 2.05) is 13.0 Å². The number of hydrogen-bond donors (Lipinski definition) is 2. The minimum atomic E-state index is -3.62. The zero-order chi connectivity index (χ0) is 12.5. The van der Waals surface area contributed by atoms with Crippen LogP contribution >= 0.6 is 0 Å². The van der Waals surface area contributed by atoms with E-state index in [0.717, 1.165) is 5.56 Å². The first-order valence-corrected chi connectivity index (χ1v) is 6.43. The number of benzene rings is 1. The molecule has 2 aromatic rings. The highest BCUT2D eigenvalue weighted by molar-refractivity contribution is 7.92. The van der Waals surface area contributed by atoms with Gasteiger partial charge in [0, 0.05) is 0 Å². The molecule has 1 aromatic heterocycles. The Labute approximate surface area is 99.1 Å². The second-order valence-corrected chi connectivity index (χ2v) is 5.36. The van der Waals surface area contributed by atoms with E-state index in [1.165, 1.54) is 6.33 Å². The van der Waals surface area contributed by atoms with Crippen LogP contribution in [0, 0.1) is 13.8 Å². The molecular formula is C10H12N4O2S. The molecule has 0 saturated heterocycles. The Bertz CT molecular complexity index is 620. The van der Waals surface area contributed by atoms with E-state index >= 15 is 0 Å². The van der Waals surface area contributed by atoms with E-state index in [9.17, 15) is 8.42 Å². The van der Waals surface area contributed by atoms with Crippen LogP contribution in [0.4, 0.5) is 5.95 Å². The summed E-state index contributed by atoms with van der Waals surface area (Å²) in [5, 5.41) is 6.02. The average molecular weight is 252 g/mol. The van der Waals surface area contributed by atoms with Crippen molar-refractivity contribution in [3.05, 3.63) is 35.7 Å². The molecule has 0 atom stereocenters. The number of nitrogens with zero attached hydrogens (tertiary/aromatic N) is 2. The Kier molecular flexibility index (Phi) is 2.84. The van der Waals surface area contributed by atoms with Gasteiger partial charge in [0.25, 0.3) is 10.0 Å². The first-order valence-electron chi connectivity index (χ1n) is 4.94. The lowest BCUT2D eigenvalue weighted by Crippen LogP contribution is -2.15. The number of nitrogens with one attached hydrogen (secondary N) is 2. The van der Waals surface area contributed by atoms with E-state index in [4.69, 9.17) is 0 Å². The topological polar surface area (TPSA) is 87.7 Å². The number of hydrogen-bond acceptors (Lipinski definition) is 4. The molecule has 2 N–H and O–H groups in total. The highest BCUT2D eigenvalue weighted by atomic mass is 32.2. The second kappa shape index (κ2) is 4.17. The van der Waals surface area contributed by atoms with Crippen LogP contribution in [0.3, 0.4) is 0 Å². The maximum atomic E-state index is 12.1. The van der Waals surface area contributed by atoms with Crippen LogP contribution in [0.15, 0.2) is 29.4 Å². The molecule has 7 heteroatoms. The normalized spacial score (nSPS) is 11.4. The Morgan fingerprint density at radius 2 is 2.06 bits per heavy atom. The predicted molar refractivity (Wildman–Crippen MR) is 63.1 cm³/mol. The summed E-state index contributed by atoms with van der Waals surface area (Å²) < 4.78 is 26.5. The standard InChI is InChI=1S/C10H12N4O2S/c1-7-3-4-8(2)9(5-7)17(15,16)14-10-11-6-12-13-10/h3-6H,1-2H3,(H2,11,12,13,14). The van der Waals surface area contributed by atoms with Crippen molar-refractivity contribution >= 4 is 16.0 Å². The first-order chi connectivity index (χ1) is 7.99. The monoisotopic (exact) mass is 252 g/mol. The van der Waals surface area contributed by atoms with Crippen LogP contribution in [0.25, 0.3) is 0 Å². The fraction of sp³-hybridized carbons (Fsp3) is 0.200. The number of rotatable bonds is 3. The van der Waals surface area contributed by atoms with Crippen molar-refractivity contribution in [1.29, 1.82) is 0 Å². The molecule has 1 heterocycles. The van der Waals surface area contributed by atoms with Crippen LogP contribution in [0.2, 0.25) is 0 Å². The van der Waals surface area contributed by atoms with E-state index in [1.54, 1.807) is 19.1 Å². The molecule has 17 heavy (non-hydrogen) atoms. The smallest absolute Gasteiger partial charge is 0.248 e. The first kappa shape index (κ1) is 11.6. The molecule has 6 nitrogen and oxygen atoms in total. The summed E-state index contributed by atoms with van der Waals surface area (Å²) in [5.74, 6) is 0.103. The summed E-state index contributed by atoms with van der Waals surface area (Å²) >= 11 is 0. The van der Waals surface area contributed by atoms with Gasteiger partial charge in [0.15, 0.2) is 0 Å². The van der Waals surface area contributed by atoms with Crippen molar-refractivity contribution in [3.8, 4) is 0 Å². The van der Waals surface area contributed by atoms with Crippen molar-refractivity contribution < 1.29 is 8.42 Å². The van der Waals surface area contributed by atoms with Crippen LogP contribution < -0.4 is 4.72 Å². The minimum Gasteiger partial charge on any atom is -0.248 e. The van der Waals surface area contributed by atoms with Gasteiger partial charge in [-0.05, 0) is 31.0 Å². The third kappa shape index (κ3) is 2.44. The van der Waals surface area contributed by atoms with Crippen LogP contribution in [-0.2, 0) is 10.0 Å². The molecule has 0 fully saturated rings. The number of aromatic amines is 1. The summed E-state index contributed by atoms with van der Waals surface area (Å²) in [7, 11) is -3.62. The van der Waals surface area contributed by atoms with Crippen molar-refractivity contribution in [2.45, 2.75) is 18.7 Å². The Hall–Kier alpha value is -1.89. The SMILES string of the molecule is Cc1ccc(C)c(S(=O)(=O)Nc2ncn[nH]2)c1. The summed E-state index contributed by atoms with van der Waals surface area (Å²) in [6.07, 6.45) is 1.24. The molecule has 0 aliphatic rings. The average Bonchev–Trinajstić information content (AvgIpc) is 2.73. The molecular weight excluding hydrogens is 240 g/mol. The lowest BCUT2D eigenvalue weighted by molar-refractivity contribution is 0.600. The highest BCUT2D eigenvalue weighted by Crippen LogP contribution is 2.18. The van der Waals surface area contributed by atoms with Gasteiger partial charge < -0.3 is 0 Å². The number of aromatic nitrogens is 3. The van der Waals surface area contributed by atoms with Gasteiger partial charge in [-0.3, -0.25) is 0 Å². The molecule has 2 rings (SSSR count). The van der Waals surface area contributed by atoms with Crippen LogP contribution in [-0.4, -0.2) is 23.6 Å².